The lowest BCUT2D eigenvalue weighted by molar-refractivity contribution is -0.123. The predicted molar refractivity (Wildman–Crippen MR) is 110 cm³/mol. The van der Waals surface area contributed by atoms with Crippen LogP contribution >= 0.6 is 0 Å². The zero-order valence-corrected chi connectivity index (χ0v) is 16.5. The van der Waals surface area contributed by atoms with Gasteiger partial charge in [0.05, 0.1) is 24.7 Å². The lowest BCUT2D eigenvalue weighted by Gasteiger charge is -2.30. The number of morpholine rings is 1. The number of ether oxygens (including phenoxy) is 1. The van der Waals surface area contributed by atoms with Gasteiger partial charge in [-0.3, -0.25) is 9.59 Å². The van der Waals surface area contributed by atoms with Crippen molar-refractivity contribution in [1.82, 2.24) is 9.97 Å². The normalized spacial score (nSPS) is 18.8. The Morgan fingerprint density at radius 2 is 1.90 bits per heavy atom. The van der Waals surface area contributed by atoms with Crippen molar-refractivity contribution in [2.75, 3.05) is 47.6 Å². The minimum Gasteiger partial charge on any atom is -0.383 e. The predicted octanol–water partition coefficient (Wildman–Crippen LogP) is 1.58. The zero-order valence-electron chi connectivity index (χ0n) is 16.5. The van der Waals surface area contributed by atoms with Crippen LogP contribution in [0, 0.1) is 13.8 Å². The van der Waals surface area contributed by atoms with Crippen LogP contribution in [-0.2, 0) is 14.3 Å². The van der Waals surface area contributed by atoms with E-state index in [0.29, 0.717) is 49.3 Å². The van der Waals surface area contributed by atoms with Crippen LogP contribution in [0.2, 0.25) is 0 Å². The Morgan fingerprint density at radius 1 is 1.21 bits per heavy atom. The summed E-state index contributed by atoms with van der Waals surface area (Å²) in [6.07, 6.45) is -0.00586. The van der Waals surface area contributed by atoms with Crippen LogP contribution in [0.5, 0.6) is 0 Å². The van der Waals surface area contributed by atoms with Crippen molar-refractivity contribution >= 4 is 35.1 Å². The summed E-state index contributed by atoms with van der Waals surface area (Å²) >= 11 is 0. The molecule has 0 saturated carbocycles. The van der Waals surface area contributed by atoms with Gasteiger partial charge in [0.25, 0.3) is 0 Å². The van der Waals surface area contributed by atoms with Gasteiger partial charge in [-0.25, -0.2) is 0 Å². The molecule has 0 bridgehead atoms. The van der Waals surface area contributed by atoms with Crippen molar-refractivity contribution in [1.29, 1.82) is 0 Å². The van der Waals surface area contributed by atoms with Crippen LogP contribution in [0.4, 0.5) is 23.3 Å². The molecule has 152 valence electrons. The van der Waals surface area contributed by atoms with Crippen LogP contribution in [0.1, 0.15) is 29.0 Å². The zero-order chi connectivity index (χ0) is 20.5. The number of benzene rings is 1. The van der Waals surface area contributed by atoms with Crippen LogP contribution < -0.4 is 21.3 Å². The molecule has 1 aromatic heterocycles. The van der Waals surface area contributed by atoms with E-state index in [4.69, 9.17) is 10.5 Å². The topological polar surface area (TPSA) is 122 Å². The third-order valence-corrected chi connectivity index (χ3v) is 5.06. The number of nitrogens with zero attached hydrogens (tertiary/aromatic N) is 3. The third-order valence-electron chi connectivity index (χ3n) is 5.06. The van der Waals surface area contributed by atoms with Gasteiger partial charge in [0.2, 0.25) is 17.8 Å². The molecule has 0 radical (unpaired) electrons. The maximum absolute atomic E-state index is 13.0. The van der Waals surface area contributed by atoms with Crippen LogP contribution in [0.15, 0.2) is 18.2 Å². The summed E-state index contributed by atoms with van der Waals surface area (Å²) in [7, 11) is 0. The van der Waals surface area contributed by atoms with Crippen LogP contribution in [0.25, 0.3) is 0 Å². The molecule has 3 heterocycles. The molecule has 4 rings (SSSR count). The molecule has 1 saturated heterocycles. The quantitative estimate of drug-likeness (QED) is 0.720. The Hall–Kier alpha value is -3.20. The molecule has 9 heteroatoms. The summed E-state index contributed by atoms with van der Waals surface area (Å²) < 4.78 is 5.35. The molecule has 2 aliphatic heterocycles. The maximum atomic E-state index is 13.0. The first kappa shape index (κ1) is 19.1. The smallest absolute Gasteiger partial charge is 0.232 e. The number of nitrogens with one attached hydrogen (secondary N) is 2. The number of carbonyl (C=O) groups excluding carboxylic acids is 2. The second-order valence-electron chi connectivity index (χ2n) is 7.44. The second kappa shape index (κ2) is 7.67. The van der Waals surface area contributed by atoms with Crippen LogP contribution in [-0.4, -0.2) is 48.1 Å². The molecule has 2 amide bonds. The van der Waals surface area contributed by atoms with Crippen molar-refractivity contribution in [2.24, 2.45) is 0 Å². The number of nitrogens with two attached hydrogens (primary N) is 1. The number of hydrogen-bond donors (Lipinski definition) is 3. The highest BCUT2D eigenvalue weighted by Crippen LogP contribution is 2.36. The molecule has 0 unspecified atom stereocenters. The fraction of sp³-hybridized carbons (Fsp3) is 0.400. The molecule has 29 heavy (non-hydrogen) atoms. The van der Waals surface area contributed by atoms with Gasteiger partial charge in [0, 0.05) is 25.2 Å². The average molecular weight is 396 g/mol. The fourth-order valence-corrected chi connectivity index (χ4v) is 3.79. The van der Waals surface area contributed by atoms with E-state index in [0.717, 1.165) is 11.1 Å². The number of anilines is 4. The molecule has 2 aliphatic rings. The first-order chi connectivity index (χ1) is 13.9. The van der Waals surface area contributed by atoms with Gasteiger partial charge in [-0.2, -0.15) is 9.97 Å². The highest BCUT2D eigenvalue weighted by molar-refractivity contribution is 6.05. The number of fused-ring (bicyclic) bond motifs is 1. The van der Waals surface area contributed by atoms with Gasteiger partial charge in [-0.15, -0.1) is 0 Å². The monoisotopic (exact) mass is 396 g/mol. The molecule has 9 nitrogen and oxygen atoms in total. The molecule has 1 atom stereocenters. The number of aromatic nitrogens is 2. The van der Waals surface area contributed by atoms with E-state index in [-0.39, 0.29) is 24.1 Å². The minimum absolute atomic E-state index is 0.00586. The SMILES string of the molecule is Cc1cc(C)cc(NC(=O)[C@H]2CC(=O)Nc3nc(N4CCOCC4)nc(N)c32)c1. The number of carbonyl (C=O) groups is 2. The first-order valence-electron chi connectivity index (χ1n) is 9.60. The van der Waals surface area contributed by atoms with E-state index >= 15 is 0 Å². The van der Waals surface area contributed by atoms with Gasteiger partial charge in [0.1, 0.15) is 11.6 Å². The molecule has 1 aromatic carbocycles. The van der Waals surface area contributed by atoms with Gasteiger partial charge < -0.3 is 26.0 Å². The van der Waals surface area contributed by atoms with Gasteiger partial charge in [0.15, 0.2) is 0 Å². The van der Waals surface area contributed by atoms with Gasteiger partial charge >= 0.3 is 0 Å². The van der Waals surface area contributed by atoms with E-state index in [1.54, 1.807) is 0 Å². The lowest BCUT2D eigenvalue weighted by atomic mass is 9.91. The summed E-state index contributed by atoms with van der Waals surface area (Å²) in [5.41, 5.74) is 9.45. The Balaban J connectivity index is 1.64. The van der Waals surface area contributed by atoms with Crippen molar-refractivity contribution in [3.63, 3.8) is 0 Å². The highest BCUT2D eigenvalue weighted by atomic mass is 16.5. The summed E-state index contributed by atoms with van der Waals surface area (Å²) in [6.45, 7) is 6.36. The molecule has 1 fully saturated rings. The number of amides is 2. The molecular weight excluding hydrogens is 372 g/mol. The Bertz CT molecular complexity index is 951. The van der Waals surface area contributed by atoms with Crippen molar-refractivity contribution in [3.8, 4) is 0 Å². The summed E-state index contributed by atoms with van der Waals surface area (Å²) in [5.74, 6) is -0.393. The lowest BCUT2D eigenvalue weighted by Crippen LogP contribution is -2.38. The van der Waals surface area contributed by atoms with E-state index in [1.165, 1.54) is 0 Å². The molecule has 0 spiro atoms. The van der Waals surface area contributed by atoms with E-state index in [2.05, 4.69) is 20.6 Å². The van der Waals surface area contributed by atoms with Crippen molar-refractivity contribution in [3.05, 3.63) is 34.9 Å². The summed E-state index contributed by atoms with van der Waals surface area (Å²) in [6, 6.07) is 5.80. The maximum Gasteiger partial charge on any atom is 0.232 e. The minimum atomic E-state index is -0.752. The van der Waals surface area contributed by atoms with Crippen molar-refractivity contribution < 1.29 is 14.3 Å². The number of hydrogen-bond acceptors (Lipinski definition) is 7. The molecule has 4 N–H and O–H groups in total. The van der Waals surface area contributed by atoms with E-state index in [9.17, 15) is 9.59 Å². The summed E-state index contributed by atoms with van der Waals surface area (Å²) in [4.78, 5) is 36.1. The number of rotatable bonds is 3. The molecular formula is C20H24N6O3. The Morgan fingerprint density at radius 3 is 2.59 bits per heavy atom. The Labute approximate surface area is 168 Å². The first-order valence-corrected chi connectivity index (χ1v) is 9.60. The largest absolute Gasteiger partial charge is 0.383 e. The van der Waals surface area contributed by atoms with Gasteiger partial charge in [-0.05, 0) is 37.1 Å². The van der Waals surface area contributed by atoms with E-state index < -0.39 is 5.92 Å². The summed E-state index contributed by atoms with van der Waals surface area (Å²) in [5, 5.41) is 5.64. The number of nitrogen functional groups attached to an aromatic ring is 1. The van der Waals surface area contributed by atoms with Crippen molar-refractivity contribution in [2.45, 2.75) is 26.2 Å². The third kappa shape index (κ3) is 4.00. The molecule has 0 aliphatic carbocycles. The Kier molecular flexibility index (Phi) is 5.06. The average Bonchev–Trinajstić information content (AvgIpc) is 2.66. The second-order valence-corrected chi connectivity index (χ2v) is 7.44. The number of aryl methyl sites for hydroxylation is 2. The fourth-order valence-electron chi connectivity index (χ4n) is 3.79. The highest BCUT2D eigenvalue weighted by Gasteiger charge is 2.35. The standard InChI is InChI=1S/C20H24N6O3/c1-11-7-12(2)9-13(8-11)22-19(28)14-10-15(27)23-18-16(14)17(21)24-20(25-18)26-3-5-29-6-4-26/h7-9,14H,3-6,10H2,1-2H3,(H,22,28)(H3,21,23,24,25,27)/t14-/m0/s1. The van der Waals surface area contributed by atoms with Crippen LogP contribution in [0.3, 0.4) is 0 Å². The molecule has 2 aromatic rings. The van der Waals surface area contributed by atoms with Gasteiger partial charge in [-0.1, -0.05) is 6.07 Å². The van der Waals surface area contributed by atoms with E-state index in [1.807, 2.05) is 36.9 Å².